The third kappa shape index (κ3) is 18.9. The van der Waals surface area contributed by atoms with E-state index in [9.17, 15) is 60.7 Å². The molecule has 0 aromatic carbocycles. The molecule has 374 valence electrons. The van der Waals surface area contributed by atoms with Gasteiger partial charge in [0.1, 0.15) is 24.2 Å². The lowest BCUT2D eigenvalue weighted by Gasteiger charge is -2.46. The molecule has 12 unspecified atom stereocenters. The highest BCUT2D eigenvalue weighted by Crippen LogP contribution is 2.40. The van der Waals surface area contributed by atoms with Crippen molar-refractivity contribution < 1.29 is 84.3 Å². The Kier molecular flexibility index (Phi) is 24.8. The molecule has 0 saturated carbocycles. The van der Waals surface area contributed by atoms with Gasteiger partial charge in [-0.2, -0.15) is 0 Å². The van der Waals surface area contributed by atoms with Gasteiger partial charge in [-0.1, -0.05) is 98.9 Å². The number of carbonyl (C=O) groups excluding carboxylic acids is 1. The molecule has 3 aliphatic heterocycles. The van der Waals surface area contributed by atoms with Gasteiger partial charge in [-0.15, -0.1) is 0 Å². The lowest BCUT2D eigenvalue weighted by molar-refractivity contribution is -0.311. The number of aliphatic hydroxyl groups is 9. The number of aliphatic hydroxyl groups excluding tert-OH is 9. The highest BCUT2D eigenvalue weighted by molar-refractivity contribution is 5.71. The monoisotopic (exact) mass is 938 g/mol. The highest BCUT2D eigenvalue weighted by atomic mass is 16.7. The minimum Gasteiger partial charge on any atom is -0.481 e. The first-order valence-corrected chi connectivity index (χ1v) is 22.7. The maximum Gasteiger partial charge on any atom is 0.311 e. The van der Waals surface area contributed by atoms with Crippen molar-refractivity contribution >= 4 is 11.9 Å². The average molecular weight is 938 g/mol. The summed E-state index contributed by atoms with van der Waals surface area (Å²) in [5.74, 6) is -6.01. The second kappa shape index (κ2) is 28.8. The normalized spacial score (nSPS) is 43.8. The third-order valence-electron chi connectivity index (χ3n) is 12.3. The number of ether oxygens (including phenoxy) is 5. The zero-order chi connectivity index (χ0) is 49.0. The number of hydrogen-bond acceptors (Lipinski definition) is 17. The Morgan fingerprint density at radius 1 is 0.712 bits per heavy atom. The van der Waals surface area contributed by atoms with Gasteiger partial charge < -0.3 is 80.5 Å². The molecule has 2 saturated heterocycles. The van der Waals surface area contributed by atoms with Gasteiger partial charge in [0, 0.05) is 44.6 Å². The van der Waals surface area contributed by atoms with Gasteiger partial charge in [-0.3, -0.25) is 9.59 Å². The molecule has 18 atom stereocenters. The first kappa shape index (κ1) is 56.9. The summed E-state index contributed by atoms with van der Waals surface area (Å²) < 4.78 is 29.2. The van der Waals surface area contributed by atoms with Gasteiger partial charge in [-0.25, -0.2) is 0 Å². The van der Waals surface area contributed by atoms with Crippen LogP contribution in [0.5, 0.6) is 0 Å². The molecular weight excluding hydrogens is 863 g/mol. The molecule has 3 heterocycles. The summed E-state index contributed by atoms with van der Waals surface area (Å²) >= 11 is 0. The van der Waals surface area contributed by atoms with Crippen molar-refractivity contribution in [1.29, 1.82) is 0 Å². The molecule has 12 N–H and O–H groups in total. The van der Waals surface area contributed by atoms with E-state index in [1.807, 2.05) is 49.5 Å². The van der Waals surface area contributed by atoms with Crippen LogP contribution in [-0.4, -0.2) is 175 Å². The second-order valence-corrected chi connectivity index (χ2v) is 17.7. The van der Waals surface area contributed by atoms with Crippen molar-refractivity contribution in [2.45, 2.75) is 163 Å². The van der Waals surface area contributed by atoms with Gasteiger partial charge >= 0.3 is 11.9 Å². The summed E-state index contributed by atoms with van der Waals surface area (Å²) in [5, 5.41) is 107. The van der Waals surface area contributed by atoms with Crippen molar-refractivity contribution in [3.63, 3.8) is 0 Å². The van der Waals surface area contributed by atoms with E-state index in [1.54, 1.807) is 56.4 Å². The van der Waals surface area contributed by atoms with E-state index in [0.29, 0.717) is 0 Å². The highest BCUT2D eigenvalue weighted by Gasteiger charge is 2.51. The molecule has 2 fully saturated rings. The van der Waals surface area contributed by atoms with Crippen LogP contribution in [0.1, 0.15) is 72.1 Å². The fraction of sp³-hybridized carbons (Fsp3) is 0.667. The fourth-order valence-corrected chi connectivity index (χ4v) is 8.10. The minimum absolute atomic E-state index is 0.0751. The topological polar surface area (TPSA) is 309 Å². The van der Waals surface area contributed by atoms with Crippen molar-refractivity contribution in [3.05, 3.63) is 85.1 Å². The predicted molar refractivity (Wildman–Crippen MR) is 242 cm³/mol. The third-order valence-corrected chi connectivity index (χ3v) is 12.3. The van der Waals surface area contributed by atoms with Crippen LogP contribution in [0.2, 0.25) is 0 Å². The maximum absolute atomic E-state index is 12.6. The van der Waals surface area contributed by atoms with Crippen LogP contribution >= 0.6 is 0 Å². The minimum atomic E-state index is -1.75. The van der Waals surface area contributed by atoms with Crippen LogP contribution in [0.15, 0.2) is 85.1 Å². The van der Waals surface area contributed by atoms with Gasteiger partial charge in [-0.05, 0) is 26.2 Å². The molecule has 3 aliphatic rings. The standard InChI is InChI=1S/C48H75NO17/c1-29-17-15-13-11-9-7-5-6-8-10-12-14-16-18-35(63-28-41-46(59)44(49)39(56)27-64-41)24-40-43(47(60)61)38(55)26-48(62-4,66-40)25-34(52)22-37(54)36(53)20-19-32(50)21-33(51)23-42(57)65-31(3)30(2)45(29)58/h5-18,29-41,43-46,50-56,58-59H,19-28,49H2,1-4H3,(H,60,61)/b6-5+,9-7+,10-8+,13-11+,14-12+,17-15+,18-16+/t29-,30-,31-,32?,33?,34?,35?,36?,37?,38-,39?,40-,41?,43?,44-,45?,46?,48?/m0/s1. The summed E-state index contributed by atoms with van der Waals surface area (Å²) in [6.07, 6.45) is 7.40. The average Bonchev–Trinajstić information content (AvgIpc) is 3.25. The number of esters is 1. The molecule has 0 aromatic heterocycles. The molecule has 18 heteroatoms. The smallest absolute Gasteiger partial charge is 0.311 e. The summed E-state index contributed by atoms with van der Waals surface area (Å²) in [4.78, 5) is 25.2. The number of fused-ring (bicyclic) bond motifs is 2. The van der Waals surface area contributed by atoms with Crippen molar-refractivity contribution in [2.24, 2.45) is 23.5 Å². The van der Waals surface area contributed by atoms with Crippen molar-refractivity contribution in [1.82, 2.24) is 0 Å². The number of carbonyl (C=O) groups is 2. The Labute approximate surface area is 387 Å². The van der Waals surface area contributed by atoms with Crippen molar-refractivity contribution in [3.8, 4) is 0 Å². The molecule has 0 aromatic rings. The maximum atomic E-state index is 12.6. The van der Waals surface area contributed by atoms with Crippen LogP contribution < -0.4 is 5.73 Å². The number of methoxy groups -OCH3 is 1. The van der Waals surface area contributed by atoms with Crippen LogP contribution in [0.3, 0.4) is 0 Å². The van der Waals surface area contributed by atoms with Crippen LogP contribution in [-0.2, 0) is 33.3 Å². The molecule has 0 spiro atoms. The summed E-state index contributed by atoms with van der Waals surface area (Å²) in [5.41, 5.74) is 5.95. The molecule has 0 aliphatic carbocycles. The molecule has 0 radical (unpaired) electrons. The summed E-state index contributed by atoms with van der Waals surface area (Å²) in [6.45, 7) is 4.89. The Morgan fingerprint density at radius 2 is 1.30 bits per heavy atom. The molecular formula is C48H75NO17. The van der Waals surface area contributed by atoms with Crippen LogP contribution in [0.4, 0.5) is 0 Å². The van der Waals surface area contributed by atoms with E-state index in [0.717, 1.165) is 0 Å². The Hall–Kier alpha value is -3.44. The fourth-order valence-electron chi connectivity index (χ4n) is 8.10. The number of carboxylic acids is 1. The number of aliphatic carboxylic acids is 1. The molecule has 18 nitrogen and oxygen atoms in total. The second-order valence-electron chi connectivity index (χ2n) is 17.7. The Bertz CT molecular complexity index is 1670. The lowest BCUT2D eigenvalue weighted by Crippen LogP contribution is -2.58. The molecule has 3 rings (SSSR count). The summed E-state index contributed by atoms with van der Waals surface area (Å²) in [7, 11) is 1.26. The Balaban J connectivity index is 1.86. The van der Waals surface area contributed by atoms with Crippen LogP contribution in [0.25, 0.3) is 0 Å². The quantitative estimate of drug-likeness (QED) is 0.172. The number of rotatable bonds is 5. The SMILES string of the molecule is COC12CC(O)CC(O)C(O)CCC(O)CC(O)CC(=O)O[C@@H](C)[C@H](C)C(O)[C@@H](C)/C=C/C=C/C=C/C=C/C=C/C=C/C=C/C(OCC3OCC(O)[C@H](N)C3O)C[C@H](O1)C(C(=O)O)[C@@H](O)C2. The first-order valence-electron chi connectivity index (χ1n) is 22.7. The predicted octanol–water partition coefficient (Wildman–Crippen LogP) is 1.02. The van der Waals surface area contributed by atoms with Gasteiger partial charge in [0.05, 0.1) is 86.7 Å². The van der Waals surface area contributed by atoms with E-state index < -0.39 is 128 Å². The number of carboxylic acid groups (broad SMARTS) is 1. The van der Waals surface area contributed by atoms with Gasteiger partial charge in [0.25, 0.3) is 0 Å². The number of hydrogen-bond donors (Lipinski definition) is 11. The number of cyclic esters (lactones) is 1. The first-order chi connectivity index (χ1) is 31.3. The Morgan fingerprint density at radius 3 is 1.89 bits per heavy atom. The van der Waals surface area contributed by atoms with E-state index in [1.165, 1.54) is 7.11 Å². The van der Waals surface area contributed by atoms with Crippen molar-refractivity contribution in [2.75, 3.05) is 20.3 Å². The van der Waals surface area contributed by atoms with Gasteiger partial charge in [0.2, 0.25) is 0 Å². The van der Waals surface area contributed by atoms with E-state index >= 15 is 0 Å². The van der Waals surface area contributed by atoms with E-state index in [2.05, 4.69) is 0 Å². The summed E-state index contributed by atoms with van der Waals surface area (Å²) in [6, 6.07) is -0.994. The van der Waals surface area contributed by atoms with Gasteiger partial charge in [0.15, 0.2) is 5.79 Å². The number of nitrogens with two attached hydrogens (primary N) is 1. The largest absolute Gasteiger partial charge is 0.481 e. The zero-order valence-electron chi connectivity index (χ0n) is 38.4. The molecule has 66 heavy (non-hydrogen) atoms. The molecule has 2 bridgehead atoms. The van der Waals surface area contributed by atoms with E-state index in [-0.39, 0.29) is 57.7 Å². The lowest BCUT2D eigenvalue weighted by atomic mass is 9.82. The number of allylic oxidation sites excluding steroid dienone is 12. The van der Waals surface area contributed by atoms with Crippen LogP contribution in [0, 0.1) is 17.8 Å². The molecule has 0 amide bonds. The van der Waals surface area contributed by atoms with E-state index in [4.69, 9.17) is 29.4 Å². The zero-order valence-corrected chi connectivity index (χ0v) is 38.4.